The van der Waals surface area contributed by atoms with Crippen molar-refractivity contribution in [3.8, 4) is 5.75 Å². The monoisotopic (exact) mass is 266 g/mol. The van der Waals surface area contributed by atoms with Gasteiger partial charge in [0.05, 0.1) is 0 Å². The van der Waals surface area contributed by atoms with Crippen LogP contribution in [0.1, 0.15) is 24.8 Å². The van der Waals surface area contributed by atoms with Gasteiger partial charge in [0.1, 0.15) is 11.6 Å². The number of hydrogen-bond acceptors (Lipinski definition) is 3. The van der Waals surface area contributed by atoms with E-state index in [4.69, 9.17) is 0 Å². The first-order chi connectivity index (χ1) is 8.91. The van der Waals surface area contributed by atoms with Crippen molar-refractivity contribution in [3.05, 3.63) is 29.6 Å². The van der Waals surface area contributed by atoms with Crippen molar-refractivity contribution in [2.75, 3.05) is 27.7 Å². The number of likely N-dealkylation sites (N-methyl/N-ethyl adjacent to an activating group) is 2. The summed E-state index contributed by atoms with van der Waals surface area (Å²) in [5.74, 6) is -0.385. The lowest BCUT2D eigenvalue weighted by Crippen LogP contribution is -2.56. The molecule has 0 atom stereocenters. The van der Waals surface area contributed by atoms with Gasteiger partial charge >= 0.3 is 0 Å². The zero-order chi connectivity index (χ0) is 14.0. The summed E-state index contributed by atoms with van der Waals surface area (Å²) in [6, 6.07) is 4.25. The highest BCUT2D eigenvalue weighted by atomic mass is 19.1. The summed E-state index contributed by atoms with van der Waals surface area (Å²) in [7, 11) is 6.30. The van der Waals surface area contributed by atoms with Crippen LogP contribution in [0.25, 0.3) is 0 Å². The second kappa shape index (κ2) is 5.47. The third-order valence-corrected chi connectivity index (χ3v) is 4.19. The summed E-state index contributed by atoms with van der Waals surface area (Å²) >= 11 is 0. The molecule has 1 aromatic carbocycles. The molecule has 0 heterocycles. The van der Waals surface area contributed by atoms with E-state index >= 15 is 0 Å². The number of hydrogen-bond donors (Lipinski definition) is 1. The second-order valence-electron chi connectivity index (χ2n) is 5.96. The molecule has 1 saturated carbocycles. The van der Waals surface area contributed by atoms with Gasteiger partial charge in [-0.3, -0.25) is 0 Å². The maximum Gasteiger partial charge on any atom is 0.127 e. The van der Waals surface area contributed by atoms with Crippen LogP contribution in [0.3, 0.4) is 0 Å². The molecule has 0 amide bonds. The first-order valence-electron chi connectivity index (χ1n) is 6.76. The summed E-state index contributed by atoms with van der Waals surface area (Å²) in [5.41, 5.74) is 1.08. The summed E-state index contributed by atoms with van der Waals surface area (Å²) in [6.07, 6.45) is 3.73. The number of aromatic hydroxyl groups is 1. The molecule has 0 saturated heterocycles. The summed E-state index contributed by atoms with van der Waals surface area (Å²) in [4.78, 5) is 4.50. The molecule has 3 nitrogen and oxygen atoms in total. The molecule has 0 bridgehead atoms. The summed E-state index contributed by atoms with van der Waals surface area (Å²) in [5, 5.41) is 9.42. The predicted molar refractivity (Wildman–Crippen MR) is 74.7 cm³/mol. The zero-order valence-electron chi connectivity index (χ0n) is 12.0. The maximum atomic E-state index is 13.2. The van der Waals surface area contributed by atoms with Gasteiger partial charge in [-0.05, 0) is 58.1 Å². The highest BCUT2D eigenvalue weighted by Crippen LogP contribution is 2.36. The van der Waals surface area contributed by atoms with Crippen LogP contribution in [0.15, 0.2) is 18.2 Å². The van der Waals surface area contributed by atoms with Gasteiger partial charge in [-0.1, -0.05) is 0 Å². The number of phenolic OH excluding ortho intramolecular Hbond substituents is 1. The average Bonchev–Trinajstić information content (AvgIpc) is 2.21. The minimum atomic E-state index is -0.380. The SMILES string of the molecule is CN(Cc1cc(O)cc(F)c1)CC1(N(C)C)CCC1. The number of benzene rings is 1. The van der Waals surface area contributed by atoms with Crippen LogP contribution < -0.4 is 0 Å². The molecule has 1 aromatic rings. The standard InChI is InChI=1S/C15H23FN2O/c1-17(2)15(5-4-6-15)11-18(3)10-12-7-13(16)9-14(19)8-12/h7-9,19H,4-6,10-11H2,1-3H3. The normalized spacial score (nSPS) is 17.8. The summed E-state index contributed by atoms with van der Waals surface area (Å²) < 4.78 is 13.2. The van der Waals surface area contributed by atoms with Gasteiger partial charge in [-0.2, -0.15) is 0 Å². The van der Waals surface area contributed by atoms with E-state index in [-0.39, 0.29) is 17.1 Å². The Labute approximate surface area is 114 Å². The molecule has 19 heavy (non-hydrogen) atoms. The Hall–Kier alpha value is -1.13. The van der Waals surface area contributed by atoms with Crippen molar-refractivity contribution in [3.63, 3.8) is 0 Å². The molecule has 0 aliphatic heterocycles. The Morgan fingerprint density at radius 3 is 2.37 bits per heavy atom. The quantitative estimate of drug-likeness (QED) is 0.887. The van der Waals surface area contributed by atoms with Crippen molar-refractivity contribution >= 4 is 0 Å². The molecule has 0 spiro atoms. The lowest BCUT2D eigenvalue weighted by Gasteiger charge is -2.49. The van der Waals surface area contributed by atoms with Crippen LogP contribution >= 0.6 is 0 Å². The van der Waals surface area contributed by atoms with E-state index in [0.717, 1.165) is 18.2 Å². The number of rotatable bonds is 5. The van der Waals surface area contributed by atoms with E-state index in [0.29, 0.717) is 6.54 Å². The molecule has 0 unspecified atom stereocenters. The molecule has 1 aliphatic carbocycles. The molecule has 1 N–H and O–H groups in total. The Morgan fingerprint density at radius 2 is 1.89 bits per heavy atom. The molecule has 106 valence electrons. The van der Waals surface area contributed by atoms with E-state index in [9.17, 15) is 9.50 Å². The van der Waals surface area contributed by atoms with Gasteiger partial charge in [0, 0.05) is 24.7 Å². The van der Waals surface area contributed by atoms with Gasteiger partial charge in [-0.15, -0.1) is 0 Å². The van der Waals surface area contributed by atoms with Crippen LogP contribution in [0.2, 0.25) is 0 Å². The maximum absolute atomic E-state index is 13.2. The van der Waals surface area contributed by atoms with Crippen LogP contribution in [0.5, 0.6) is 5.75 Å². The number of phenols is 1. The van der Waals surface area contributed by atoms with Gasteiger partial charge in [-0.25, -0.2) is 4.39 Å². The van der Waals surface area contributed by atoms with E-state index in [1.165, 1.54) is 25.3 Å². The minimum absolute atomic E-state index is 0.00522. The second-order valence-corrected chi connectivity index (χ2v) is 5.96. The molecule has 1 fully saturated rings. The Morgan fingerprint density at radius 1 is 1.21 bits per heavy atom. The van der Waals surface area contributed by atoms with Crippen molar-refractivity contribution in [1.82, 2.24) is 9.80 Å². The third kappa shape index (κ3) is 3.25. The Balaban J connectivity index is 1.99. The van der Waals surface area contributed by atoms with Crippen molar-refractivity contribution in [2.24, 2.45) is 0 Å². The predicted octanol–water partition coefficient (Wildman–Crippen LogP) is 2.45. The van der Waals surface area contributed by atoms with Gasteiger partial charge in [0.2, 0.25) is 0 Å². The molecule has 2 rings (SSSR count). The minimum Gasteiger partial charge on any atom is -0.508 e. The zero-order valence-corrected chi connectivity index (χ0v) is 12.0. The fraction of sp³-hybridized carbons (Fsp3) is 0.600. The van der Waals surface area contributed by atoms with E-state index in [1.54, 1.807) is 6.07 Å². The highest BCUT2D eigenvalue weighted by Gasteiger charge is 2.39. The molecule has 1 aliphatic rings. The van der Waals surface area contributed by atoms with E-state index in [2.05, 4.69) is 23.9 Å². The fourth-order valence-electron chi connectivity index (χ4n) is 2.93. The molecule has 0 radical (unpaired) electrons. The molecule has 4 heteroatoms. The first-order valence-corrected chi connectivity index (χ1v) is 6.76. The van der Waals surface area contributed by atoms with Crippen molar-refractivity contribution in [1.29, 1.82) is 0 Å². The van der Waals surface area contributed by atoms with Crippen LogP contribution in [-0.2, 0) is 6.54 Å². The third-order valence-electron chi connectivity index (χ3n) is 4.19. The lowest BCUT2D eigenvalue weighted by atomic mass is 9.75. The Bertz CT molecular complexity index is 424. The topological polar surface area (TPSA) is 26.7 Å². The van der Waals surface area contributed by atoms with Crippen molar-refractivity contribution in [2.45, 2.75) is 31.3 Å². The lowest BCUT2D eigenvalue weighted by molar-refractivity contribution is 0.0258. The highest BCUT2D eigenvalue weighted by molar-refractivity contribution is 5.28. The van der Waals surface area contributed by atoms with Crippen LogP contribution in [0.4, 0.5) is 4.39 Å². The Kier molecular flexibility index (Phi) is 4.11. The summed E-state index contributed by atoms with van der Waals surface area (Å²) in [6.45, 7) is 1.62. The van der Waals surface area contributed by atoms with Gasteiger partial charge in [0.25, 0.3) is 0 Å². The average molecular weight is 266 g/mol. The first kappa shape index (κ1) is 14.3. The van der Waals surface area contributed by atoms with Crippen LogP contribution in [0, 0.1) is 5.82 Å². The largest absolute Gasteiger partial charge is 0.508 e. The number of halogens is 1. The van der Waals surface area contributed by atoms with Gasteiger partial charge in [0.15, 0.2) is 0 Å². The molecule has 0 aromatic heterocycles. The van der Waals surface area contributed by atoms with Crippen LogP contribution in [-0.4, -0.2) is 48.1 Å². The smallest absolute Gasteiger partial charge is 0.127 e. The fourth-order valence-corrected chi connectivity index (χ4v) is 2.93. The van der Waals surface area contributed by atoms with E-state index in [1.807, 2.05) is 7.05 Å². The number of nitrogens with zero attached hydrogens (tertiary/aromatic N) is 2. The molecular formula is C15H23FN2O. The van der Waals surface area contributed by atoms with Gasteiger partial charge < -0.3 is 14.9 Å². The molecular weight excluding hydrogens is 243 g/mol. The van der Waals surface area contributed by atoms with Crippen molar-refractivity contribution < 1.29 is 9.50 Å². The van der Waals surface area contributed by atoms with E-state index < -0.39 is 0 Å².